The van der Waals surface area contributed by atoms with Gasteiger partial charge in [-0.05, 0) is 18.1 Å². The first kappa shape index (κ1) is 25.9. The number of alkyl halides is 3. The average molecular weight is 468 g/mol. The lowest BCUT2D eigenvalue weighted by Gasteiger charge is -2.27. The number of carbonyl (C=O) groups is 3. The van der Waals surface area contributed by atoms with Crippen LogP contribution in [-0.4, -0.2) is 53.2 Å². The predicted octanol–water partition coefficient (Wildman–Crippen LogP) is 1.91. The Labute approximate surface area is 175 Å². The van der Waals surface area contributed by atoms with E-state index >= 15 is 0 Å². The summed E-state index contributed by atoms with van der Waals surface area (Å²) < 4.78 is 78.9. The number of para-hydroxylation sites is 1. The first-order valence-corrected chi connectivity index (χ1v) is 9.75. The van der Waals surface area contributed by atoms with E-state index in [9.17, 15) is 36.0 Å². The van der Waals surface area contributed by atoms with Gasteiger partial charge in [-0.2, -0.15) is 21.6 Å². The quantitative estimate of drug-likeness (QED) is 0.134. The summed E-state index contributed by atoms with van der Waals surface area (Å²) in [6.07, 6.45) is 0.871. The van der Waals surface area contributed by atoms with Crippen LogP contribution in [0.1, 0.15) is 12.0 Å². The molecule has 0 aliphatic heterocycles. The number of rotatable bonds is 9. The van der Waals surface area contributed by atoms with Crippen LogP contribution in [0, 0.1) is 5.41 Å². The van der Waals surface area contributed by atoms with Gasteiger partial charge in [0, 0.05) is 12.5 Å². The van der Waals surface area contributed by atoms with Gasteiger partial charge in [0.15, 0.2) is 5.41 Å². The number of halogens is 3. The van der Waals surface area contributed by atoms with E-state index in [0.29, 0.717) is 0 Å². The zero-order valence-corrected chi connectivity index (χ0v) is 17.4. The Morgan fingerprint density at radius 1 is 0.968 bits per heavy atom. The number of benzene rings is 1. The number of carbonyl (C=O) groups excluding carboxylic acids is 3. The lowest BCUT2D eigenvalue weighted by atomic mass is 9.78. The van der Waals surface area contributed by atoms with Gasteiger partial charge in [-0.1, -0.05) is 24.3 Å². The van der Waals surface area contributed by atoms with Crippen LogP contribution in [0.25, 0.3) is 0 Å². The normalized spacial score (nSPS) is 12.3. The van der Waals surface area contributed by atoms with Gasteiger partial charge in [-0.3, -0.25) is 9.59 Å². The van der Waals surface area contributed by atoms with Gasteiger partial charge in [0.25, 0.3) is 0 Å². The van der Waals surface area contributed by atoms with E-state index in [-0.39, 0.29) is 5.56 Å². The maximum Gasteiger partial charge on any atom is 0.534 e. The van der Waals surface area contributed by atoms with Crippen molar-refractivity contribution in [3.05, 3.63) is 42.0 Å². The molecule has 0 aromatic heterocycles. The van der Waals surface area contributed by atoms with Crippen molar-refractivity contribution < 1.29 is 54.4 Å². The molecule has 0 unspecified atom stereocenters. The molecule has 0 saturated heterocycles. The van der Waals surface area contributed by atoms with Crippen LogP contribution in [0.4, 0.5) is 13.2 Å². The van der Waals surface area contributed by atoms with Crippen LogP contribution in [0.3, 0.4) is 0 Å². The minimum atomic E-state index is -6.02. The number of methoxy groups -OCH3 is 3. The lowest BCUT2D eigenvalue weighted by Crippen LogP contribution is -2.43. The van der Waals surface area contributed by atoms with Gasteiger partial charge >= 0.3 is 33.5 Å². The maximum atomic E-state index is 12.7. The largest absolute Gasteiger partial charge is 0.534 e. The van der Waals surface area contributed by atoms with E-state index in [4.69, 9.17) is 0 Å². The molecule has 0 aliphatic carbocycles. The van der Waals surface area contributed by atoms with Crippen molar-refractivity contribution in [1.29, 1.82) is 0 Å². The third-order valence-corrected chi connectivity index (χ3v) is 4.99. The Morgan fingerprint density at radius 2 is 1.52 bits per heavy atom. The molecule has 0 amide bonds. The number of esters is 3. The number of hydrogen-bond donors (Lipinski definition) is 0. The van der Waals surface area contributed by atoms with Gasteiger partial charge in [-0.15, -0.1) is 0 Å². The van der Waals surface area contributed by atoms with Crippen LogP contribution in [-0.2, 0) is 45.1 Å². The summed E-state index contributed by atoms with van der Waals surface area (Å²) >= 11 is 0. The Kier molecular flexibility index (Phi) is 8.61. The second-order valence-electron chi connectivity index (χ2n) is 5.96. The number of allylic oxidation sites excluding steroid dienone is 1. The molecule has 13 heteroatoms. The summed E-state index contributed by atoms with van der Waals surface area (Å²) in [5.41, 5.74) is -8.11. The van der Waals surface area contributed by atoms with E-state index in [2.05, 4.69) is 18.4 Å². The molecule has 0 radical (unpaired) electrons. The lowest BCUT2D eigenvalue weighted by molar-refractivity contribution is -0.169. The fourth-order valence-electron chi connectivity index (χ4n) is 2.50. The minimum Gasteiger partial charge on any atom is -0.468 e. The topological polar surface area (TPSA) is 122 Å². The first-order chi connectivity index (χ1) is 14.3. The Bertz CT molecular complexity index is 936. The van der Waals surface area contributed by atoms with Crippen LogP contribution in [0.5, 0.6) is 5.75 Å². The van der Waals surface area contributed by atoms with Gasteiger partial charge in [0.2, 0.25) is 0 Å². The third kappa shape index (κ3) is 6.20. The fraction of sp³-hybridized carbons (Fsp3) is 0.389. The van der Waals surface area contributed by atoms with E-state index in [1.807, 2.05) is 0 Å². The monoisotopic (exact) mass is 468 g/mol. The molecule has 1 aromatic carbocycles. The summed E-state index contributed by atoms with van der Waals surface area (Å²) in [7, 11) is -3.01. The summed E-state index contributed by atoms with van der Waals surface area (Å²) in [5, 5.41) is 0. The molecule has 1 rings (SSSR count). The molecule has 0 saturated carbocycles. The summed E-state index contributed by atoms with van der Waals surface area (Å²) in [6, 6.07) is 4.60. The average Bonchev–Trinajstić information content (AvgIpc) is 2.71. The summed E-state index contributed by atoms with van der Waals surface area (Å²) in [6.45, 7) is 0. The fourth-order valence-corrected chi connectivity index (χ4v) is 3.00. The van der Waals surface area contributed by atoms with E-state index in [0.717, 1.165) is 45.6 Å². The van der Waals surface area contributed by atoms with Crippen molar-refractivity contribution in [3.63, 3.8) is 0 Å². The smallest absolute Gasteiger partial charge is 0.468 e. The van der Waals surface area contributed by atoms with Crippen molar-refractivity contribution in [1.82, 2.24) is 0 Å². The van der Waals surface area contributed by atoms with Crippen molar-refractivity contribution in [2.45, 2.75) is 18.3 Å². The van der Waals surface area contributed by atoms with Crippen molar-refractivity contribution >= 4 is 28.0 Å². The molecule has 1 aromatic rings. The Morgan fingerprint density at radius 3 is 2.00 bits per heavy atom. The SMILES string of the molecule is COC(=O)/C=C/CC(Cc1ccccc1OS(=O)(=O)C(F)(F)F)(C(=O)OC)C(=O)OC. The molecule has 9 nitrogen and oxygen atoms in total. The van der Waals surface area contributed by atoms with Gasteiger partial charge in [0.05, 0.1) is 21.3 Å². The van der Waals surface area contributed by atoms with Crippen LogP contribution < -0.4 is 4.18 Å². The number of ether oxygens (including phenoxy) is 3. The molecule has 0 heterocycles. The molecular formula is C18H19F3O9S. The highest BCUT2D eigenvalue weighted by Gasteiger charge is 2.50. The minimum absolute atomic E-state index is 0.238. The highest BCUT2D eigenvalue weighted by Crippen LogP contribution is 2.36. The highest BCUT2D eigenvalue weighted by atomic mass is 32.2. The predicted molar refractivity (Wildman–Crippen MR) is 98.0 cm³/mol. The highest BCUT2D eigenvalue weighted by molar-refractivity contribution is 7.88. The van der Waals surface area contributed by atoms with Crippen molar-refractivity contribution in [2.24, 2.45) is 5.41 Å². The molecule has 172 valence electrons. The summed E-state index contributed by atoms with van der Waals surface area (Å²) in [4.78, 5) is 36.4. The molecule has 0 N–H and O–H groups in total. The van der Waals surface area contributed by atoms with Gasteiger partial charge in [-0.25, -0.2) is 4.79 Å². The second kappa shape index (κ2) is 10.3. The zero-order valence-electron chi connectivity index (χ0n) is 16.6. The molecule has 0 spiro atoms. The van der Waals surface area contributed by atoms with Gasteiger partial charge in [0.1, 0.15) is 5.75 Å². The standard InChI is InChI=1S/C18H19F3O9S/c1-27-14(22)9-6-10-17(15(23)28-2,16(24)29-3)11-12-7-4-5-8-13(12)30-31(25,26)18(19,20)21/h4-9H,10-11H2,1-3H3/b9-6+. The molecular weight excluding hydrogens is 449 g/mol. The van der Waals surface area contributed by atoms with Crippen molar-refractivity contribution in [2.75, 3.05) is 21.3 Å². The van der Waals surface area contributed by atoms with Crippen LogP contribution in [0.2, 0.25) is 0 Å². The van der Waals surface area contributed by atoms with Crippen LogP contribution in [0.15, 0.2) is 36.4 Å². The second-order valence-corrected chi connectivity index (χ2v) is 7.50. The molecule has 0 bridgehead atoms. The Hall–Kier alpha value is -3.09. The maximum absolute atomic E-state index is 12.7. The molecule has 0 aliphatic rings. The first-order valence-electron chi connectivity index (χ1n) is 8.34. The van der Waals surface area contributed by atoms with E-state index in [1.165, 1.54) is 12.1 Å². The Balaban J connectivity index is 3.50. The van der Waals surface area contributed by atoms with Gasteiger partial charge < -0.3 is 18.4 Å². The molecule has 31 heavy (non-hydrogen) atoms. The molecule has 0 fully saturated rings. The van der Waals surface area contributed by atoms with Crippen molar-refractivity contribution in [3.8, 4) is 5.75 Å². The zero-order chi connectivity index (χ0) is 23.9. The summed E-state index contributed by atoms with van der Waals surface area (Å²) in [5.74, 6) is -3.83. The number of hydrogen-bond acceptors (Lipinski definition) is 9. The third-order valence-electron chi connectivity index (χ3n) is 4.02. The van der Waals surface area contributed by atoms with Crippen LogP contribution >= 0.6 is 0 Å². The van der Waals surface area contributed by atoms with E-state index in [1.54, 1.807) is 0 Å². The molecule has 0 atom stereocenters. The van der Waals surface area contributed by atoms with E-state index < -0.39 is 57.5 Å².